The van der Waals surface area contributed by atoms with E-state index in [1.54, 1.807) is 18.7 Å². The summed E-state index contributed by atoms with van der Waals surface area (Å²) in [5.41, 5.74) is 1.23. The summed E-state index contributed by atoms with van der Waals surface area (Å²) < 4.78 is 6.54. The largest absolute Gasteiger partial charge is 0.461 e. The number of fused-ring (bicyclic) bond motifs is 1. The molecule has 2 aromatic rings. The maximum Gasteiger partial charge on any atom is 0.358 e. The predicted molar refractivity (Wildman–Crippen MR) is 127 cm³/mol. The molecule has 1 aliphatic heterocycles. The molecule has 1 aromatic heterocycles. The number of carbonyl (C=O) groups is 3. The number of amides is 2. The van der Waals surface area contributed by atoms with Crippen LogP contribution in [0.4, 0.5) is 0 Å². The third kappa shape index (κ3) is 4.72. The van der Waals surface area contributed by atoms with E-state index >= 15 is 0 Å². The lowest BCUT2D eigenvalue weighted by molar-refractivity contribution is -0.134. The van der Waals surface area contributed by atoms with Crippen molar-refractivity contribution in [1.29, 1.82) is 0 Å². The van der Waals surface area contributed by atoms with Crippen LogP contribution < -0.4 is 5.32 Å². The Bertz CT molecular complexity index is 1090. The third-order valence-electron chi connectivity index (χ3n) is 7.05. The van der Waals surface area contributed by atoms with Crippen LogP contribution in [0.5, 0.6) is 0 Å². The van der Waals surface area contributed by atoms with Crippen molar-refractivity contribution in [2.24, 2.45) is 5.92 Å². The van der Waals surface area contributed by atoms with Gasteiger partial charge in [-0.1, -0.05) is 36.8 Å². The number of hydrogen-bond donors (Lipinski definition) is 1. The lowest BCUT2D eigenvalue weighted by atomic mass is 9.86. The number of carbonyl (C=O) groups excluding carboxylic acids is 3. The van der Waals surface area contributed by atoms with Crippen LogP contribution in [0.1, 0.15) is 78.6 Å². The zero-order chi connectivity index (χ0) is 24.5. The van der Waals surface area contributed by atoms with Crippen molar-refractivity contribution >= 4 is 17.8 Å². The van der Waals surface area contributed by atoms with Gasteiger partial charge >= 0.3 is 5.97 Å². The minimum absolute atomic E-state index is 0.0756. The molecule has 0 spiro atoms. The number of nitrogens with zero attached hydrogens (tertiary/aromatic N) is 3. The Kier molecular flexibility index (Phi) is 6.77. The Balaban J connectivity index is 1.67. The van der Waals surface area contributed by atoms with Crippen LogP contribution in [0, 0.1) is 12.8 Å². The smallest absolute Gasteiger partial charge is 0.358 e. The number of benzene rings is 1. The molecule has 8 heteroatoms. The van der Waals surface area contributed by atoms with Gasteiger partial charge in [-0.2, -0.15) is 5.10 Å². The number of aromatic nitrogens is 2. The van der Waals surface area contributed by atoms with Crippen molar-refractivity contribution < 1.29 is 19.1 Å². The van der Waals surface area contributed by atoms with Crippen molar-refractivity contribution in [3.05, 3.63) is 52.8 Å². The highest BCUT2D eigenvalue weighted by molar-refractivity contribution is 6.01. The lowest BCUT2D eigenvalue weighted by Crippen LogP contribution is -2.64. The van der Waals surface area contributed by atoms with E-state index in [-0.39, 0.29) is 48.9 Å². The third-order valence-corrected chi connectivity index (χ3v) is 7.05. The fourth-order valence-corrected chi connectivity index (χ4v) is 4.93. The van der Waals surface area contributed by atoms with Crippen LogP contribution in [0.2, 0.25) is 0 Å². The molecular formula is C26H34N4O4. The first-order chi connectivity index (χ1) is 16.2. The van der Waals surface area contributed by atoms with Gasteiger partial charge in [0.2, 0.25) is 5.91 Å². The van der Waals surface area contributed by atoms with Crippen LogP contribution in [-0.2, 0) is 22.6 Å². The van der Waals surface area contributed by atoms with Gasteiger partial charge in [-0.05, 0) is 57.9 Å². The summed E-state index contributed by atoms with van der Waals surface area (Å²) in [7, 11) is 0. The first kappa shape index (κ1) is 24.0. The summed E-state index contributed by atoms with van der Waals surface area (Å²) in [6, 6.07) is 9.48. The molecule has 4 rings (SSSR count). The van der Waals surface area contributed by atoms with Gasteiger partial charge in [0.15, 0.2) is 5.69 Å². The van der Waals surface area contributed by atoms with Gasteiger partial charge in [-0.25, -0.2) is 4.79 Å². The van der Waals surface area contributed by atoms with Crippen molar-refractivity contribution in [2.75, 3.05) is 6.61 Å². The molecule has 0 bridgehead atoms. The standard InChI is InChI=1S/C26H34N4O4/c1-5-34-24(32)21-14-22-23(31)29(15-19-8-6-7-18(3)13-19)26(4,16-30(22)28-21)25(33)27-20-11-9-17(2)10-12-20/h6-8,13-14,17,20H,5,9-12,15-16H2,1-4H3,(H,27,33)/t17?,20?,26-/m1/s1. The number of esters is 1. The van der Waals surface area contributed by atoms with Gasteiger partial charge < -0.3 is 15.0 Å². The van der Waals surface area contributed by atoms with Crippen LogP contribution in [0.15, 0.2) is 30.3 Å². The van der Waals surface area contributed by atoms with Crippen LogP contribution in [0.3, 0.4) is 0 Å². The highest BCUT2D eigenvalue weighted by Gasteiger charge is 2.48. The number of aryl methyl sites for hydroxylation is 1. The molecule has 2 aliphatic rings. The SMILES string of the molecule is CCOC(=O)c1cc2n(n1)C[C@](C)(C(=O)NC1CCC(C)CC1)N(Cc1cccc(C)c1)C2=O. The van der Waals surface area contributed by atoms with Crippen LogP contribution >= 0.6 is 0 Å². The van der Waals surface area contributed by atoms with Gasteiger partial charge in [0, 0.05) is 18.7 Å². The maximum atomic E-state index is 13.7. The van der Waals surface area contributed by atoms with Gasteiger partial charge in [0.05, 0.1) is 13.2 Å². The van der Waals surface area contributed by atoms with E-state index in [0.29, 0.717) is 5.92 Å². The first-order valence-corrected chi connectivity index (χ1v) is 12.1. The van der Waals surface area contributed by atoms with E-state index in [1.807, 2.05) is 31.2 Å². The Hall–Kier alpha value is -3.16. The minimum Gasteiger partial charge on any atom is -0.461 e. The minimum atomic E-state index is -1.16. The van der Waals surface area contributed by atoms with Crippen LogP contribution in [0.25, 0.3) is 0 Å². The van der Waals surface area contributed by atoms with E-state index in [2.05, 4.69) is 17.3 Å². The number of ether oxygens (including phenoxy) is 1. The van der Waals surface area contributed by atoms with E-state index in [1.165, 1.54) is 10.7 Å². The topological polar surface area (TPSA) is 93.5 Å². The van der Waals surface area contributed by atoms with E-state index < -0.39 is 11.5 Å². The number of nitrogens with one attached hydrogen (secondary N) is 1. The molecular weight excluding hydrogens is 432 g/mol. The quantitative estimate of drug-likeness (QED) is 0.658. The number of hydrogen-bond acceptors (Lipinski definition) is 5. The molecule has 0 unspecified atom stereocenters. The molecule has 1 fully saturated rings. The Morgan fingerprint density at radius 1 is 1.21 bits per heavy atom. The summed E-state index contributed by atoms with van der Waals surface area (Å²) in [6.45, 7) is 8.41. The van der Waals surface area contributed by atoms with Gasteiger partial charge in [0.25, 0.3) is 5.91 Å². The molecule has 2 amide bonds. The summed E-state index contributed by atoms with van der Waals surface area (Å²) in [4.78, 5) is 41.3. The van der Waals surface area contributed by atoms with Crippen molar-refractivity contribution in [2.45, 2.75) is 78.0 Å². The zero-order valence-corrected chi connectivity index (χ0v) is 20.5. The second kappa shape index (κ2) is 9.60. The van der Waals surface area contributed by atoms with Crippen molar-refractivity contribution in [1.82, 2.24) is 20.0 Å². The summed E-state index contributed by atoms with van der Waals surface area (Å²) in [6.07, 6.45) is 4.04. The fraction of sp³-hybridized carbons (Fsp3) is 0.538. The fourth-order valence-electron chi connectivity index (χ4n) is 4.93. The summed E-state index contributed by atoms with van der Waals surface area (Å²) in [5.74, 6) is -0.423. The second-order valence-corrected chi connectivity index (χ2v) is 9.88. The highest BCUT2D eigenvalue weighted by Crippen LogP contribution is 2.31. The molecule has 8 nitrogen and oxygen atoms in total. The zero-order valence-electron chi connectivity index (χ0n) is 20.5. The number of rotatable bonds is 6. The lowest BCUT2D eigenvalue weighted by Gasteiger charge is -2.44. The first-order valence-electron chi connectivity index (χ1n) is 12.1. The summed E-state index contributed by atoms with van der Waals surface area (Å²) >= 11 is 0. The molecule has 182 valence electrons. The van der Waals surface area contributed by atoms with Crippen molar-refractivity contribution in [3.63, 3.8) is 0 Å². The summed E-state index contributed by atoms with van der Waals surface area (Å²) in [5, 5.41) is 7.54. The molecule has 1 saturated carbocycles. The molecule has 1 aliphatic carbocycles. The average molecular weight is 467 g/mol. The van der Waals surface area contributed by atoms with Gasteiger partial charge in [-0.15, -0.1) is 0 Å². The van der Waals surface area contributed by atoms with Crippen molar-refractivity contribution in [3.8, 4) is 0 Å². The molecule has 1 aromatic carbocycles. The Morgan fingerprint density at radius 3 is 2.62 bits per heavy atom. The molecule has 34 heavy (non-hydrogen) atoms. The molecule has 1 N–H and O–H groups in total. The van der Waals surface area contributed by atoms with Crippen LogP contribution in [-0.4, -0.2) is 50.7 Å². The molecule has 0 saturated heterocycles. The molecule has 2 heterocycles. The Morgan fingerprint density at radius 2 is 1.94 bits per heavy atom. The van der Waals surface area contributed by atoms with E-state index in [0.717, 1.165) is 36.8 Å². The van der Waals surface area contributed by atoms with Gasteiger partial charge in [0.1, 0.15) is 11.2 Å². The monoisotopic (exact) mass is 466 g/mol. The Labute approximate surface area is 200 Å². The predicted octanol–water partition coefficient (Wildman–Crippen LogP) is 3.48. The molecule has 1 atom stereocenters. The van der Waals surface area contributed by atoms with E-state index in [4.69, 9.17) is 4.74 Å². The van der Waals surface area contributed by atoms with E-state index in [9.17, 15) is 14.4 Å². The average Bonchev–Trinajstić information content (AvgIpc) is 3.22. The highest BCUT2D eigenvalue weighted by atomic mass is 16.5. The van der Waals surface area contributed by atoms with Gasteiger partial charge in [-0.3, -0.25) is 14.3 Å². The molecule has 0 radical (unpaired) electrons. The normalized spacial score (nSPS) is 24.5. The maximum absolute atomic E-state index is 13.7. The second-order valence-electron chi connectivity index (χ2n) is 9.88.